The van der Waals surface area contributed by atoms with Crippen LogP contribution in [0.3, 0.4) is 0 Å². The molecular weight excluding hydrogens is 394 g/mol. The standard InChI is InChI=1S/C20H27N3O3S2/c1-4-22(5-2)15-8-9-16(13(3)10-15)23-17-11-28(25,26)12-18(17)27-20(23)21-19(24)14-6-7-14/h8-10,14,17-18H,4-7,11-12H2,1-3H3. The molecule has 4 rings (SSSR count). The number of hydrogen-bond donors (Lipinski definition) is 0. The third kappa shape index (κ3) is 3.68. The monoisotopic (exact) mass is 421 g/mol. The normalized spacial score (nSPS) is 27.2. The lowest BCUT2D eigenvalue weighted by atomic mass is 10.1. The van der Waals surface area contributed by atoms with Gasteiger partial charge in [-0.1, -0.05) is 11.8 Å². The van der Waals surface area contributed by atoms with Gasteiger partial charge in [0, 0.05) is 35.6 Å². The molecule has 1 amide bonds. The van der Waals surface area contributed by atoms with Crippen LogP contribution >= 0.6 is 11.8 Å². The van der Waals surface area contributed by atoms with Crippen LogP contribution in [0.4, 0.5) is 11.4 Å². The highest BCUT2D eigenvalue weighted by Gasteiger charge is 2.50. The number of thioether (sulfide) groups is 1. The summed E-state index contributed by atoms with van der Waals surface area (Å²) in [6.07, 6.45) is 1.83. The number of rotatable bonds is 5. The fraction of sp³-hybridized carbons (Fsp3) is 0.600. The molecule has 2 saturated heterocycles. The van der Waals surface area contributed by atoms with Gasteiger partial charge in [-0.05, 0) is 57.4 Å². The van der Waals surface area contributed by atoms with E-state index >= 15 is 0 Å². The van der Waals surface area contributed by atoms with E-state index in [0.717, 1.165) is 42.9 Å². The van der Waals surface area contributed by atoms with E-state index in [4.69, 9.17) is 0 Å². The number of sulfone groups is 1. The largest absolute Gasteiger partial charge is 0.372 e. The van der Waals surface area contributed by atoms with E-state index < -0.39 is 9.84 Å². The van der Waals surface area contributed by atoms with Crippen LogP contribution in [0.25, 0.3) is 0 Å². The maximum absolute atomic E-state index is 12.3. The summed E-state index contributed by atoms with van der Waals surface area (Å²) < 4.78 is 24.4. The van der Waals surface area contributed by atoms with Gasteiger partial charge in [0.25, 0.3) is 5.91 Å². The Morgan fingerprint density at radius 2 is 1.96 bits per heavy atom. The molecule has 2 atom stereocenters. The first-order valence-corrected chi connectivity index (χ1v) is 12.7. The maximum Gasteiger partial charge on any atom is 0.251 e. The summed E-state index contributed by atoms with van der Waals surface area (Å²) in [6.45, 7) is 8.17. The van der Waals surface area contributed by atoms with Gasteiger partial charge in [-0.3, -0.25) is 4.79 Å². The number of anilines is 2. The molecule has 2 aliphatic heterocycles. The molecule has 0 aromatic heterocycles. The molecule has 8 heteroatoms. The van der Waals surface area contributed by atoms with E-state index in [-0.39, 0.29) is 34.6 Å². The van der Waals surface area contributed by atoms with E-state index in [2.05, 4.69) is 35.9 Å². The zero-order chi connectivity index (χ0) is 20.1. The first-order valence-electron chi connectivity index (χ1n) is 9.97. The SMILES string of the molecule is CCN(CC)c1ccc(N2C(=NC(=O)C3CC3)SC3CS(=O)(=O)CC32)c(C)c1. The first kappa shape index (κ1) is 19.8. The molecule has 0 spiro atoms. The first-order chi connectivity index (χ1) is 13.3. The number of carbonyl (C=O) groups excluding carboxylic acids is 1. The molecule has 1 aromatic carbocycles. The van der Waals surface area contributed by atoms with Crippen molar-refractivity contribution in [2.24, 2.45) is 10.9 Å². The van der Waals surface area contributed by atoms with Crippen LogP contribution in [0.1, 0.15) is 32.3 Å². The van der Waals surface area contributed by atoms with Gasteiger partial charge in [-0.2, -0.15) is 4.99 Å². The number of fused-ring (bicyclic) bond motifs is 1. The molecule has 152 valence electrons. The van der Waals surface area contributed by atoms with Crippen LogP contribution < -0.4 is 9.80 Å². The lowest BCUT2D eigenvalue weighted by Crippen LogP contribution is -2.38. The zero-order valence-electron chi connectivity index (χ0n) is 16.6. The van der Waals surface area contributed by atoms with Crippen LogP contribution in [0.15, 0.2) is 23.2 Å². The van der Waals surface area contributed by atoms with Gasteiger partial charge in [-0.25, -0.2) is 8.42 Å². The summed E-state index contributed by atoms with van der Waals surface area (Å²) in [4.78, 5) is 21.1. The Labute approximate surface area is 171 Å². The van der Waals surface area contributed by atoms with Crippen LogP contribution in [-0.2, 0) is 14.6 Å². The van der Waals surface area contributed by atoms with Gasteiger partial charge >= 0.3 is 0 Å². The molecule has 0 radical (unpaired) electrons. The minimum Gasteiger partial charge on any atom is -0.372 e. The van der Waals surface area contributed by atoms with Gasteiger partial charge in [0.05, 0.1) is 17.5 Å². The highest BCUT2D eigenvalue weighted by Crippen LogP contribution is 2.43. The van der Waals surface area contributed by atoms with Crippen molar-refractivity contribution >= 4 is 44.0 Å². The molecule has 28 heavy (non-hydrogen) atoms. The van der Waals surface area contributed by atoms with Crippen molar-refractivity contribution in [3.63, 3.8) is 0 Å². The van der Waals surface area contributed by atoms with Crippen LogP contribution in [0.2, 0.25) is 0 Å². The van der Waals surface area contributed by atoms with Gasteiger partial charge in [0.15, 0.2) is 15.0 Å². The zero-order valence-corrected chi connectivity index (χ0v) is 18.2. The number of amidine groups is 1. The van der Waals surface area contributed by atoms with Crippen molar-refractivity contribution in [3.05, 3.63) is 23.8 Å². The van der Waals surface area contributed by atoms with E-state index in [0.29, 0.717) is 5.17 Å². The van der Waals surface area contributed by atoms with Crippen LogP contribution in [0.5, 0.6) is 0 Å². The van der Waals surface area contributed by atoms with E-state index in [1.165, 1.54) is 11.8 Å². The number of carbonyl (C=O) groups is 1. The molecule has 0 bridgehead atoms. The second-order valence-electron chi connectivity index (χ2n) is 7.82. The summed E-state index contributed by atoms with van der Waals surface area (Å²) in [5.41, 5.74) is 3.18. The minimum atomic E-state index is -3.06. The Morgan fingerprint density at radius 1 is 1.25 bits per heavy atom. The summed E-state index contributed by atoms with van der Waals surface area (Å²) in [5, 5.41) is 0.609. The number of amides is 1. The second kappa shape index (κ2) is 7.37. The molecule has 6 nitrogen and oxygen atoms in total. The predicted octanol–water partition coefficient (Wildman–Crippen LogP) is 2.85. The highest BCUT2D eigenvalue weighted by molar-refractivity contribution is 8.16. The Morgan fingerprint density at radius 3 is 2.57 bits per heavy atom. The average molecular weight is 422 g/mol. The van der Waals surface area contributed by atoms with Gasteiger partial charge < -0.3 is 9.80 Å². The van der Waals surface area contributed by atoms with Crippen molar-refractivity contribution in [1.29, 1.82) is 0 Å². The smallest absolute Gasteiger partial charge is 0.251 e. The molecule has 1 aromatic rings. The van der Waals surface area contributed by atoms with Crippen LogP contribution in [0, 0.1) is 12.8 Å². The fourth-order valence-corrected chi connectivity index (χ4v) is 7.97. The van der Waals surface area contributed by atoms with E-state index in [1.54, 1.807) is 0 Å². The van der Waals surface area contributed by atoms with Crippen molar-refractivity contribution in [3.8, 4) is 0 Å². The highest BCUT2D eigenvalue weighted by atomic mass is 32.2. The molecule has 0 N–H and O–H groups in total. The Hall–Kier alpha value is -1.54. The molecule has 2 unspecified atom stereocenters. The number of nitrogens with zero attached hydrogens (tertiary/aromatic N) is 3. The number of benzene rings is 1. The number of hydrogen-bond acceptors (Lipinski definition) is 5. The molecule has 3 fully saturated rings. The summed E-state index contributed by atoms with van der Waals surface area (Å²) in [5.74, 6) is 0.280. The molecule has 2 heterocycles. The van der Waals surface area contributed by atoms with Crippen LogP contribution in [-0.4, -0.2) is 55.4 Å². The Kier molecular flexibility index (Phi) is 5.20. The maximum atomic E-state index is 12.3. The molecule has 1 aliphatic carbocycles. The molecule has 3 aliphatic rings. The van der Waals surface area contributed by atoms with Crippen molar-refractivity contribution in [2.45, 2.75) is 44.9 Å². The lowest BCUT2D eigenvalue weighted by molar-refractivity contribution is -0.118. The average Bonchev–Trinajstić information content (AvgIpc) is 3.38. The van der Waals surface area contributed by atoms with Crippen molar-refractivity contribution in [2.75, 3.05) is 34.4 Å². The second-order valence-corrected chi connectivity index (χ2v) is 11.2. The summed E-state index contributed by atoms with van der Waals surface area (Å²) >= 11 is 1.45. The molecular formula is C20H27N3O3S2. The Balaban J connectivity index is 1.71. The topological polar surface area (TPSA) is 70.0 Å². The van der Waals surface area contributed by atoms with E-state index in [9.17, 15) is 13.2 Å². The summed E-state index contributed by atoms with van der Waals surface area (Å²) in [6, 6.07) is 6.12. The third-order valence-corrected chi connectivity index (χ3v) is 8.98. The van der Waals surface area contributed by atoms with Gasteiger partial charge in [-0.15, -0.1) is 0 Å². The predicted molar refractivity (Wildman–Crippen MR) is 116 cm³/mol. The van der Waals surface area contributed by atoms with E-state index in [1.807, 2.05) is 17.9 Å². The van der Waals surface area contributed by atoms with Gasteiger partial charge in [0.2, 0.25) is 0 Å². The minimum absolute atomic E-state index is 0.0578. The lowest BCUT2D eigenvalue weighted by Gasteiger charge is -2.28. The number of aryl methyl sites for hydroxylation is 1. The summed E-state index contributed by atoms with van der Waals surface area (Å²) in [7, 11) is -3.06. The molecule has 1 saturated carbocycles. The Bertz CT molecular complexity index is 921. The van der Waals surface area contributed by atoms with Gasteiger partial charge in [0.1, 0.15) is 0 Å². The number of aliphatic imine (C=N–C) groups is 1. The fourth-order valence-electron chi connectivity index (χ4n) is 4.06. The quantitative estimate of drug-likeness (QED) is 0.728. The van der Waals surface area contributed by atoms with Crippen molar-refractivity contribution < 1.29 is 13.2 Å². The van der Waals surface area contributed by atoms with Crippen molar-refractivity contribution in [1.82, 2.24) is 0 Å². The third-order valence-electron chi connectivity index (χ3n) is 5.77.